The zero-order valence-electron chi connectivity index (χ0n) is 18.6. The Bertz CT molecular complexity index is 960. The molecule has 1 saturated heterocycles. The molecule has 2 aromatic carbocycles. The van der Waals surface area contributed by atoms with Gasteiger partial charge in [-0.1, -0.05) is 24.6 Å². The van der Waals surface area contributed by atoms with Crippen LogP contribution in [-0.4, -0.2) is 31.7 Å². The number of anilines is 1. The minimum absolute atomic E-state index is 0.0267. The van der Waals surface area contributed by atoms with E-state index in [0.717, 1.165) is 18.6 Å². The monoisotopic (exact) mass is 445 g/mol. The van der Waals surface area contributed by atoms with Crippen molar-refractivity contribution in [2.45, 2.75) is 51.1 Å². The molecule has 2 aromatic rings. The largest absolute Gasteiger partial charge is 0.493 e. The summed E-state index contributed by atoms with van der Waals surface area (Å²) in [5, 5.41) is 0. The molecule has 0 radical (unpaired) electrons. The Hall–Kier alpha value is -2.63. The van der Waals surface area contributed by atoms with Crippen LogP contribution in [0.1, 0.15) is 44.6 Å². The number of halogens is 3. The summed E-state index contributed by atoms with van der Waals surface area (Å²) in [6.07, 6.45) is 1.57. The molecule has 2 unspecified atom stereocenters. The van der Waals surface area contributed by atoms with Crippen LogP contribution in [0.4, 0.5) is 18.9 Å². The van der Waals surface area contributed by atoms with E-state index in [1.165, 1.54) is 17.2 Å². The van der Waals surface area contributed by atoms with Gasteiger partial charge in [0.2, 0.25) is 0 Å². The standard InChI is InChI=1S/C26H30F3NO2/c1-17(2)12-18(3)19-4-6-21(7-5-19)32-23-10-11-30(15-23)25-9-8-22(13-24(25)27)31-16-20-14-26(20,28)29/h4-9,13,18,20,23H,1,10-12,14-16H2,2-3H3/t18-,20?,23?/m1/s1. The van der Waals surface area contributed by atoms with Gasteiger partial charge in [0.25, 0.3) is 5.92 Å². The van der Waals surface area contributed by atoms with E-state index in [-0.39, 0.29) is 24.9 Å². The Balaban J connectivity index is 1.30. The van der Waals surface area contributed by atoms with Crippen LogP contribution >= 0.6 is 0 Å². The highest BCUT2D eigenvalue weighted by Gasteiger charge is 2.57. The first-order valence-electron chi connectivity index (χ1n) is 11.2. The van der Waals surface area contributed by atoms with Crippen LogP contribution in [0.5, 0.6) is 11.5 Å². The van der Waals surface area contributed by atoms with Gasteiger partial charge >= 0.3 is 0 Å². The molecule has 3 nitrogen and oxygen atoms in total. The summed E-state index contributed by atoms with van der Waals surface area (Å²) in [5.74, 6) is -2.30. The summed E-state index contributed by atoms with van der Waals surface area (Å²) in [4.78, 5) is 1.95. The fourth-order valence-corrected chi connectivity index (χ4v) is 4.23. The SMILES string of the molecule is C=C(C)C[C@@H](C)c1ccc(OC2CCN(c3ccc(OCC4CC4(F)F)cc3F)C2)cc1. The molecule has 1 aliphatic carbocycles. The number of hydrogen-bond donors (Lipinski definition) is 0. The first-order chi connectivity index (χ1) is 15.2. The van der Waals surface area contributed by atoms with Crippen molar-refractivity contribution in [3.63, 3.8) is 0 Å². The lowest BCUT2D eigenvalue weighted by atomic mass is 9.95. The summed E-state index contributed by atoms with van der Waals surface area (Å²) in [6.45, 7) is 9.39. The first-order valence-corrected chi connectivity index (χ1v) is 11.2. The zero-order valence-corrected chi connectivity index (χ0v) is 18.6. The molecule has 1 heterocycles. The average molecular weight is 446 g/mol. The van der Waals surface area contributed by atoms with Gasteiger partial charge in [-0.05, 0) is 49.1 Å². The van der Waals surface area contributed by atoms with Gasteiger partial charge in [0.05, 0.1) is 24.8 Å². The van der Waals surface area contributed by atoms with E-state index >= 15 is 0 Å². The van der Waals surface area contributed by atoms with Gasteiger partial charge in [-0.2, -0.15) is 0 Å². The molecule has 1 aliphatic heterocycles. The summed E-state index contributed by atoms with van der Waals surface area (Å²) < 4.78 is 52.0. The lowest BCUT2D eigenvalue weighted by Gasteiger charge is -2.20. The van der Waals surface area contributed by atoms with Crippen molar-refractivity contribution in [2.24, 2.45) is 5.92 Å². The molecule has 32 heavy (non-hydrogen) atoms. The number of allylic oxidation sites excluding steroid dienone is 1. The second-order valence-corrected chi connectivity index (χ2v) is 9.19. The van der Waals surface area contributed by atoms with Crippen LogP contribution in [0.15, 0.2) is 54.6 Å². The molecule has 1 saturated carbocycles. The van der Waals surface area contributed by atoms with Crippen LogP contribution in [-0.2, 0) is 0 Å². The molecule has 4 rings (SSSR count). The molecule has 3 atom stereocenters. The molecular formula is C26H30F3NO2. The van der Waals surface area contributed by atoms with Crippen molar-refractivity contribution >= 4 is 5.69 Å². The lowest BCUT2D eigenvalue weighted by molar-refractivity contribution is 0.0856. The third-order valence-corrected chi connectivity index (χ3v) is 6.22. The fourth-order valence-electron chi connectivity index (χ4n) is 4.23. The summed E-state index contributed by atoms with van der Waals surface area (Å²) in [5.41, 5.74) is 2.90. The number of rotatable bonds is 9. The zero-order chi connectivity index (χ0) is 22.9. The Morgan fingerprint density at radius 3 is 2.50 bits per heavy atom. The summed E-state index contributed by atoms with van der Waals surface area (Å²) in [6, 6.07) is 12.7. The van der Waals surface area contributed by atoms with E-state index in [4.69, 9.17) is 9.47 Å². The van der Waals surface area contributed by atoms with E-state index < -0.39 is 17.7 Å². The highest BCUT2D eigenvalue weighted by molar-refractivity contribution is 5.51. The van der Waals surface area contributed by atoms with Crippen LogP contribution in [0, 0.1) is 11.7 Å². The molecule has 6 heteroatoms. The molecule has 172 valence electrons. The van der Waals surface area contributed by atoms with E-state index in [1.807, 2.05) is 24.0 Å². The predicted octanol–water partition coefficient (Wildman–Crippen LogP) is 6.59. The van der Waals surface area contributed by atoms with Gasteiger partial charge in [-0.3, -0.25) is 0 Å². The van der Waals surface area contributed by atoms with Gasteiger partial charge in [0.1, 0.15) is 23.4 Å². The molecule has 2 fully saturated rings. The van der Waals surface area contributed by atoms with Crippen molar-refractivity contribution in [1.82, 2.24) is 0 Å². The number of benzene rings is 2. The molecule has 2 aliphatic rings. The number of ether oxygens (including phenoxy) is 2. The molecular weight excluding hydrogens is 415 g/mol. The van der Waals surface area contributed by atoms with Gasteiger partial charge < -0.3 is 14.4 Å². The predicted molar refractivity (Wildman–Crippen MR) is 120 cm³/mol. The summed E-state index contributed by atoms with van der Waals surface area (Å²) >= 11 is 0. The first kappa shape index (κ1) is 22.6. The van der Waals surface area contributed by atoms with E-state index in [0.29, 0.717) is 24.7 Å². The minimum atomic E-state index is -2.63. The van der Waals surface area contributed by atoms with Crippen LogP contribution < -0.4 is 14.4 Å². The average Bonchev–Trinajstić information content (AvgIpc) is 3.11. The number of alkyl halides is 2. The molecule has 0 N–H and O–H groups in total. The maximum absolute atomic E-state index is 14.6. The Kier molecular flexibility index (Phi) is 6.40. The highest BCUT2D eigenvalue weighted by Crippen LogP contribution is 2.48. The van der Waals surface area contributed by atoms with Gasteiger partial charge in [-0.25, -0.2) is 13.2 Å². The van der Waals surface area contributed by atoms with Crippen LogP contribution in [0.2, 0.25) is 0 Å². The van der Waals surface area contributed by atoms with Gasteiger partial charge in [0, 0.05) is 25.5 Å². The molecule has 0 amide bonds. The Morgan fingerprint density at radius 2 is 1.88 bits per heavy atom. The fraction of sp³-hybridized carbons (Fsp3) is 0.462. The normalized spacial score (nSPS) is 22.5. The molecule has 0 spiro atoms. The second kappa shape index (κ2) is 9.08. The number of nitrogens with zero attached hydrogens (tertiary/aromatic N) is 1. The quantitative estimate of drug-likeness (QED) is 0.407. The Labute approximate surface area is 187 Å². The second-order valence-electron chi connectivity index (χ2n) is 9.19. The van der Waals surface area contributed by atoms with Crippen molar-refractivity contribution < 1.29 is 22.6 Å². The summed E-state index contributed by atoms with van der Waals surface area (Å²) in [7, 11) is 0. The lowest BCUT2D eigenvalue weighted by Crippen LogP contribution is -2.25. The van der Waals surface area contributed by atoms with E-state index in [1.54, 1.807) is 12.1 Å². The van der Waals surface area contributed by atoms with E-state index in [2.05, 4.69) is 25.6 Å². The van der Waals surface area contributed by atoms with Crippen LogP contribution in [0.3, 0.4) is 0 Å². The van der Waals surface area contributed by atoms with Crippen molar-refractivity contribution in [2.75, 3.05) is 24.6 Å². The van der Waals surface area contributed by atoms with Crippen molar-refractivity contribution in [3.8, 4) is 11.5 Å². The van der Waals surface area contributed by atoms with Crippen molar-refractivity contribution in [3.05, 3.63) is 66.0 Å². The third kappa shape index (κ3) is 5.40. The smallest absolute Gasteiger partial charge is 0.255 e. The van der Waals surface area contributed by atoms with E-state index in [9.17, 15) is 13.2 Å². The van der Waals surface area contributed by atoms with Crippen LogP contribution in [0.25, 0.3) is 0 Å². The highest BCUT2D eigenvalue weighted by atomic mass is 19.3. The molecule has 0 bridgehead atoms. The maximum Gasteiger partial charge on any atom is 0.255 e. The topological polar surface area (TPSA) is 21.7 Å². The Morgan fingerprint density at radius 1 is 1.19 bits per heavy atom. The minimum Gasteiger partial charge on any atom is -0.493 e. The van der Waals surface area contributed by atoms with Crippen molar-refractivity contribution in [1.29, 1.82) is 0 Å². The van der Waals surface area contributed by atoms with Gasteiger partial charge in [0.15, 0.2) is 0 Å². The van der Waals surface area contributed by atoms with Gasteiger partial charge in [-0.15, -0.1) is 6.58 Å². The third-order valence-electron chi connectivity index (χ3n) is 6.22. The maximum atomic E-state index is 14.6. The molecule has 0 aromatic heterocycles. The number of hydrogen-bond acceptors (Lipinski definition) is 3.